The SMILES string of the molecule is CCC1COC(C)CN1c1cccc(OC)c1C(C)NC. The van der Waals surface area contributed by atoms with E-state index >= 15 is 0 Å². The Balaban J connectivity index is 2.45. The molecule has 1 fully saturated rings. The molecule has 0 aliphatic carbocycles. The summed E-state index contributed by atoms with van der Waals surface area (Å²) in [5.41, 5.74) is 2.49. The first kappa shape index (κ1) is 16.1. The number of morpholine rings is 1. The van der Waals surface area contributed by atoms with Crippen molar-refractivity contribution in [3.8, 4) is 5.75 Å². The average Bonchev–Trinajstić information content (AvgIpc) is 2.53. The monoisotopic (exact) mass is 292 g/mol. The lowest BCUT2D eigenvalue weighted by molar-refractivity contribution is 0.0298. The van der Waals surface area contributed by atoms with E-state index in [4.69, 9.17) is 9.47 Å². The molecule has 1 aliphatic heterocycles. The van der Waals surface area contributed by atoms with Gasteiger partial charge in [0.25, 0.3) is 0 Å². The molecular weight excluding hydrogens is 264 g/mol. The molecule has 1 aromatic rings. The number of methoxy groups -OCH3 is 1. The van der Waals surface area contributed by atoms with Gasteiger partial charge in [0.2, 0.25) is 0 Å². The predicted molar refractivity (Wildman–Crippen MR) is 87.3 cm³/mol. The van der Waals surface area contributed by atoms with Crippen molar-refractivity contribution in [2.24, 2.45) is 0 Å². The fourth-order valence-electron chi connectivity index (χ4n) is 3.02. The van der Waals surface area contributed by atoms with Crippen molar-refractivity contribution in [2.45, 2.75) is 45.4 Å². The van der Waals surface area contributed by atoms with Crippen LogP contribution < -0.4 is 15.0 Å². The van der Waals surface area contributed by atoms with Gasteiger partial charge in [0.15, 0.2) is 0 Å². The van der Waals surface area contributed by atoms with Crippen molar-refractivity contribution < 1.29 is 9.47 Å². The van der Waals surface area contributed by atoms with E-state index in [2.05, 4.69) is 43.1 Å². The van der Waals surface area contributed by atoms with Gasteiger partial charge in [-0.05, 0) is 39.4 Å². The molecule has 1 aliphatic rings. The molecule has 0 bridgehead atoms. The summed E-state index contributed by atoms with van der Waals surface area (Å²) in [4.78, 5) is 2.49. The molecule has 1 N–H and O–H groups in total. The fraction of sp³-hybridized carbons (Fsp3) is 0.647. The minimum atomic E-state index is 0.242. The maximum absolute atomic E-state index is 5.83. The van der Waals surface area contributed by atoms with Crippen molar-refractivity contribution in [1.82, 2.24) is 5.32 Å². The second-order valence-electron chi connectivity index (χ2n) is 5.76. The first-order valence-corrected chi connectivity index (χ1v) is 7.84. The molecule has 4 nitrogen and oxygen atoms in total. The summed E-state index contributed by atoms with van der Waals surface area (Å²) in [6, 6.07) is 6.99. The van der Waals surface area contributed by atoms with Crippen molar-refractivity contribution in [1.29, 1.82) is 0 Å². The average molecular weight is 292 g/mol. The Labute approximate surface area is 128 Å². The van der Waals surface area contributed by atoms with Gasteiger partial charge >= 0.3 is 0 Å². The number of hydrogen-bond donors (Lipinski definition) is 1. The second-order valence-corrected chi connectivity index (χ2v) is 5.76. The zero-order valence-electron chi connectivity index (χ0n) is 13.8. The van der Waals surface area contributed by atoms with Gasteiger partial charge in [-0.2, -0.15) is 0 Å². The lowest BCUT2D eigenvalue weighted by Gasteiger charge is -2.41. The highest BCUT2D eigenvalue weighted by Crippen LogP contribution is 2.36. The first-order chi connectivity index (χ1) is 10.1. The number of nitrogens with zero attached hydrogens (tertiary/aromatic N) is 1. The van der Waals surface area contributed by atoms with Gasteiger partial charge in [-0.1, -0.05) is 13.0 Å². The summed E-state index contributed by atoms with van der Waals surface area (Å²) in [5, 5.41) is 3.34. The largest absolute Gasteiger partial charge is 0.496 e. The van der Waals surface area contributed by atoms with E-state index < -0.39 is 0 Å². The number of nitrogens with one attached hydrogen (secondary N) is 1. The molecule has 118 valence electrons. The van der Waals surface area contributed by atoms with Crippen molar-refractivity contribution in [2.75, 3.05) is 32.2 Å². The molecule has 0 amide bonds. The van der Waals surface area contributed by atoms with Crippen LogP contribution in [0.15, 0.2) is 18.2 Å². The van der Waals surface area contributed by atoms with Crippen molar-refractivity contribution in [3.63, 3.8) is 0 Å². The quantitative estimate of drug-likeness (QED) is 0.904. The lowest BCUT2D eigenvalue weighted by atomic mass is 10.0. The van der Waals surface area contributed by atoms with Gasteiger partial charge in [-0.15, -0.1) is 0 Å². The summed E-state index contributed by atoms with van der Waals surface area (Å²) in [6.07, 6.45) is 1.34. The topological polar surface area (TPSA) is 33.7 Å². The van der Waals surface area contributed by atoms with E-state index in [-0.39, 0.29) is 12.1 Å². The molecule has 0 spiro atoms. The molecule has 21 heavy (non-hydrogen) atoms. The summed E-state index contributed by atoms with van der Waals surface area (Å²) in [6.45, 7) is 8.25. The smallest absolute Gasteiger partial charge is 0.125 e. The third kappa shape index (κ3) is 3.33. The van der Waals surface area contributed by atoms with Crippen LogP contribution in [0, 0.1) is 0 Å². The van der Waals surface area contributed by atoms with Gasteiger partial charge in [0.1, 0.15) is 5.75 Å². The zero-order valence-corrected chi connectivity index (χ0v) is 13.8. The third-order valence-electron chi connectivity index (χ3n) is 4.38. The molecule has 0 radical (unpaired) electrons. The summed E-state index contributed by atoms with van der Waals surface area (Å²) >= 11 is 0. The number of hydrogen-bond acceptors (Lipinski definition) is 4. The van der Waals surface area contributed by atoms with Crippen LogP contribution in [0.1, 0.15) is 38.8 Å². The van der Waals surface area contributed by atoms with Crippen LogP contribution in [0.25, 0.3) is 0 Å². The standard InChI is InChI=1S/C17H28N2O2/c1-6-14-11-21-12(2)10-19(14)15-8-7-9-16(20-5)17(15)13(3)18-4/h7-9,12-14,18H,6,10-11H2,1-5H3. The lowest BCUT2D eigenvalue weighted by Crippen LogP contribution is -2.49. The molecule has 2 rings (SSSR count). The predicted octanol–water partition coefficient (Wildman–Crippen LogP) is 2.98. The third-order valence-corrected chi connectivity index (χ3v) is 4.38. The van der Waals surface area contributed by atoms with Crippen LogP contribution in [-0.4, -0.2) is 39.5 Å². The van der Waals surface area contributed by atoms with Crippen LogP contribution in [0.5, 0.6) is 5.75 Å². The maximum Gasteiger partial charge on any atom is 0.125 e. The van der Waals surface area contributed by atoms with E-state index in [9.17, 15) is 0 Å². The Hall–Kier alpha value is -1.26. The molecule has 0 aromatic heterocycles. The van der Waals surface area contributed by atoms with Gasteiger partial charge < -0.3 is 19.7 Å². The van der Waals surface area contributed by atoms with Gasteiger partial charge in [-0.25, -0.2) is 0 Å². The van der Waals surface area contributed by atoms with Crippen LogP contribution in [-0.2, 0) is 4.74 Å². The highest BCUT2D eigenvalue weighted by atomic mass is 16.5. The van der Waals surface area contributed by atoms with E-state index in [0.29, 0.717) is 6.04 Å². The van der Waals surface area contributed by atoms with E-state index in [0.717, 1.165) is 25.3 Å². The molecule has 4 heteroatoms. The Morgan fingerprint density at radius 3 is 2.86 bits per heavy atom. The normalized spacial score (nSPS) is 24.0. The molecule has 0 saturated carbocycles. The zero-order chi connectivity index (χ0) is 15.4. The summed E-state index contributed by atoms with van der Waals surface area (Å²) in [7, 11) is 3.73. The highest BCUT2D eigenvalue weighted by molar-refractivity contribution is 5.61. The summed E-state index contributed by atoms with van der Waals surface area (Å²) in [5.74, 6) is 0.948. The fourth-order valence-corrected chi connectivity index (χ4v) is 3.02. The van der Waals surface area contributed by atoms with Crippen LogP contribution in [0.2, 0.25) is 0 Å². The Bertz CT molecular complexity index is 464. The Morgan fingerprint density at radius 2 is 2.24 bits per heavy atom. The molecule has 1 aromatic carbocycles. The Morgan fingerprint density at radius 1 is 1.48 bits per heavy atom. The van der Waals surface area contributed by atoms with Gasteiger partial charge in [-0.3, -0.25) is 0 Å². The molecule has 1 saturated heterocycles. The van der Waals surface area contributed by atoms with Crippen LogP contribution in [0.3, 0.4) is 0 Å². The summed E-state index contributed by atoms with van der Waals surface area (Å²) < 4.78 is 11.4. The van der Waals surface area contributed by atoms with Crippen LogP contribution >= 0.6 is 0 Å². The van der Waals surface area contributed by atoms with Crippen molar-refractivity contribution >= 4 is 5.69 Å². The van der Waals surface area contributed by atoms with Gasteiger partial charge in [0.05, 0.1) is 25.9 Å². The van der Waals surface area contributed by atoms with Crippen molar-refractivity contribution in [3.05, 3.63) is 23.8 Å². The molecule has 3 atom stereocenters. The number of rotatable bonds is 5. The second kappa shape index (κ2) is 7.14. The molecule has 3 unspecified atom stereocenters. The minimum Gasteiger partial charge on any atom is -0.496 e. The number of benzene rings is 1. The number of ether oxygens (including phenoxy) is 2. The number of anilines is 1. The highest BCUT2D eigenvalue weighted by Gasteiger charge is 2.29. The van der Waals surface area contributed by atoms with E-state index in [1.807, 2.05) is 13.1 Å². The van der Waals surface area contributed by atoms with E-state index in [1.165, 1.54) is 11.3 Å². The minimum absolute atomic E-state index is 0.242. The molecule has 1 heterocycles. The van der Waals surface area contributed by atoms with Crippen LogP contribution in [0.4, 0.5) is 5.69 Å². The van der Waals surface area contributed by atoms with E-state index in [1.54, 1.807) is 7.11 Å². The van der Waals surface area contributed by atoms with Gasteiger partial charge in [0, 0.05) is 23.8 Å². The Kier molecular flexibility index (Phi) is 5.48. The first-order valence-electron chi connectivity index (χ1n) is 7.84. The maximum atomic E-state index is 5.83. The molecular formula is C17H28N2O2.